The lowest BCUT2D eigenvalue weighted by Gasteiger charge is -2.30. The summed E-state index contributed by atoms with van der Waals surface area (Å²) < 4.78 is 1.07. The zero-order chi connectivity index (χ0) is 13.8. The third-order valence-corrected chi connectivity index (χ3v) is 4.22. The van der Waals surface area contributed by atoms with E-state index in [9.17, 15) is 4.79 Å². The summed E-state index contributed by atoms with van der Waals surface area (Å²) in [5, 5.41) is 0. The maximum Gasteiger partial charge on any atom is 0.222 e. The summed E-state index contributed by atoms with van der Waals surface area (Å²) in [6.07, 6.45) is 3.44. The third-order valence-electron chi connectivity index (χ3n) is 3.73. The largest absolute Gasteiger partial charge is 0.341 e. The maximum absolute atomic E-state index is 12.2. The fourth-order valence-corrected chi connectivity index (χ4v) is 2.95. The summed E-state index contributed by atoms with van der Waals surface area (Å²) in [5.74, 6) is 0.231. The normalized spacial score (nSPS) is 19.5. The van der Waals surface area contributed by atoms with Crippen LogP contribution >= 0.6 is 15.9 Å². The van der Waals surface area contributed by atoms with Crippen molar-refractivity contribution in [2.45, 2.75) is 38.6 Å². The van der Waals surface area contributed by atoms with Crippen LogP contribution in [0.4, 0.5) is 0 Å². The Morgan fingerprint density at radius 3 is 3.05 bits per heavy atom. The maximum atomic E-state index is 12.2. The lowest BCUT2D eigenvalue weighted by Crippen LogP contribution is -2.45. The van der Waals surface area contributed by atoms with Crippen LogP contribution in [0.3, 0.4) is 0 Å². The molecule has 4 heteroatoms. The number of amides is 1. The van der Waals surface area contributed by atoms with E-state index in [0.717, 1.165) is 36.8 Å². The molecule has 1 fully saturated rings. The number of rotatable bonds is 3. The summed E-state index contributed by atoms with van der Waals surface area (Å²) in [7, 11) is 0. The molecule has 1 saturated heterocycles. The van der Waals surface area contributed by atoms with Gasteiger partial charge in [0.15, 0.2) is 0 Å². The molecule has 19 heavy (non-hydrogen) atoms. The van der Waals surface area contributed by atoms with Gasteiger partial charge in [0.25, 0.3) is 0 Å². The van der Waals surface area contributed by atoms with Gasteiger partial charge in [-0.2, -0.15) is 0 Å². The molecule has 0 radical (unpaired) electrons. The predicted molar refractivity (Wildman–Crippen MR) is 81.0 cm³/mol. The van der Waals surface area contributed by atoms with Crippen LogP contribution in [0, 0.1) is 6.92 Å². The van der Waals surface area contributed by atoms with Crippen molar-refractivity contribution in [1.29, 1.82) is 0 Å². The molecule has 104 valence electrons. The van der Waals surface area contributed by atoms with Gasteiger partial charge < -0.3 is 10.6 Å². The first-order valence-electron chi connectivity index (χ1n) is 6.84. The highest BCUT2D eigenvalue weighted by Gasteiger charge is 2.20. The van der Waals surface area contributed by atoms with Gasteiger partial charge >= 0.3 is 0 Å². The van der Waals surface area contributed by atoms with E-state index in [4.69, 9.17) is 5.73 Å². The Morgan fingerprint density at radius 2 is 2.32 bits per heavy atom. The summed E-state index contributed by atoms with van der Waals surface area (Å²) >= 11 is 3.48. The van der Waals surface area contributed by atoms with Crippen LogP contribution in [0.1, 0.15) is 30.4 Å². The third kappa shape index (κ3) is 4.05. The number of hydrogen-bond acceptors (Lipinski definition) is 2. The highest BCUT2D eigenvalue weighted by molar-refractivity contribution is 9.10. The Kier molecular flexibility index (Phi) is 4.99. The summed E-state index contributed by atoms with van der Waals surface area (Å²) in [6.45, 7) is 3.67. The molecule has 3 nitrogen and oxygen atoms in total. The topological polar surface area (TPSA) is 46.3 Å². The van der Waals surface area contributed by atoms with Crippen LogP contribution in [-0.2, 0) is 11.2 Å². The number of carbonyl (C=O) groups is 1. The van der Waals surface area contributed by atoms with E-state index < -0.39 is 0 Å². The molecule has 1 heterocycles. The lowest BCUT2D eigenvalue weighted by atomic mass is 10.0. The standard InChI is InChI=1S/C15H21BrN2O/c1-11-4-6-13(16)9-12(11)5-7-15(19)18-8-2-3-14(17)10-18/h4,6,9,14H,2-3,5,7-8,10,17H2,1H3. The molecule has 2 rings (SSSR count). The van der Waals surface area contributed by atoms with Crippen molar-refractivity contribution in [1.82, 2.24) is 4.90 Å². The molecule has 2 N–H and O–H groups in total. The number of carbonyl (C=O) groups excluding carboxylic acids is 1. The minimum atomic E-state index is 0.158. The van der Waals surface area contributed by atoms with E-state index in [1.807, 2.05) is 11.0 Å². The Morgan fingerprint density at radius 1 is 1.53 bits per heavy atom. The van der Waals surface area contributed by atoms with Gasteiger partial charge in [0.05, 0.1) is 0 Å². The quantitative estimate of drug-likeness (QED) is 0.929. The highest BCUT2D eigenvalue weighted by Crippen LogP contribution is 2.18. The van der Waals surface area contributed by atoms with Gasteiger partial charge in [-0.05, 0) is 49.4 Å². The zero-order valence-electron chi connectivity index (χ0n) is 11.4. The van der Waals surface area contributed by atoms with Crippen LogP contribution in [0.2, 0.25) is 0 Å². The molecular formula is C15H21BrN2O. The molecule has 1 aromatic rings. The van der Waals surface area contributed by atoms with Crippen molar-refractivity contribution in [2.24, 2.45) is 5.73 Å². The number of hydrogen-bond donors (Lipinski definition) is 1. The molecular weight excluding hydrogens is 304 g/mol. The van der Waals surface area contributed by atoms with Crippen molar-refractivity contribution in [3.05, 3.63) is 33.8 Å². The van der Waals surface area contributed by atoms with Crippen molar-refractivity contribution < 1.29 is 4.79 Å². The lowest BCUT2D eigenvalue weighted by molar-refractivity contribution is -0.132. The van der Waals surface area contributed by atoms with Gasteiger partial charge in [-0.3, -0.25) is 4.79 Å². The first-order chi connectivity index (χ1) is 9.06. The van der Waals surface area contributed by atoms with Gasteiger partial charge in [-0.25, -0.2) is 0 Å². The van der Waals surface area contributed by atoms with E-state index in [2.05, 4.69) is 35.0 Å². The average molecular weight is 325 g/mol. The molecule has 0 aromatic heterocycles. The fraction of sp³-hybridized carbons (Fsp3) is 0.533. The Hall–Kier alpha value is -0.870. The number of aryl methyl sites for hydroxylation is 2. The molecule has 1 amide bonds. The van der Waals surface area contributed by atoms with E-state index in [0.29, 0.717) is 6.42 Å². The number of piperidine rings is 1. The minimum absolute atomic E-state index is 0.158. The Balaban J connectivity index is 1.91. The molecule has 0 saturated carbocycles. The monoisotopic (exact) mass is 324 g/mol. The van der Waals surface area contributed by atoms with E-state index in [1.165, 1.54) is 11.1 Å². The Bertz CT molecular complexity index is 461. The van der Waals surface area contributed by atoms with Crippen LogP contribution in [0.5, 0.6) is 0 Å². The van der Waals surface area contributed by atoms with Crippen LogP contribution < -0.4 is 5.73 Å². The van der Waals surface area contributed by atoms with Crippen LogP contribution in [0.25, 0.3) is 0 Å². The molecule has 0 aliphatic carbocycles. The summed E-state index contributed by atoms with van der Waals surface area (Å²) in [5.41, 5.74) is 8.40. The number of likely N-dealkylation sites (tertiary alicyclic amines) is 1. The highest BCUT2D eigenvalue weighted by atomic mass is 79.9. The second-order valence-corrected chi connectivity index (χ2v) is 6.23. The van der Waals surface area contributed by atoms with E-state index >= 15 is 0 Å². The SMILES string of the molecule is Cc1ccc(Br)cc1CCC(=O)N1CCCC(N)C1. The fourth-order valence-electron chi connectivity index (χ4n) is 2.55. The number of benzene rings is 1. The second kappa shape index (κ2) is 6.53. The smallest absolute Gasteiger partial charge is 0.222 e. The van der Waals surface area contributed by atoms with Gasteiger partial charge in [-0.15, -0.1) is 0 Å². The van der Waals surface area contributed by atoms with Gasteiger partial charge in [-0.1, -0.05) is 22.0 Å². The molecule has 0 bridgehead atoms. The Labute approximate surface area is 123 Å². The summed E-state index contributed by atoms with van der Waals surface area (Å²) in [4.78, 5) is 14.1. The first kappa shape index (κ1) is 14.5. The number of nitrogens with two attached hydrogens (primary N) is 1. The van der Waals surface area contributed by atoms with Crippen molar-refractivity contribution in [2.75, 3.05) is 13.1 Å². The van der Waals surface area contributed by atoms with Crippen LogP contribution in [0.15, 0.2) is 22.7 Å². The molecule has 1 aliphatic heterocycles. The van der Waals surface area contributed by atoms with Crippen molar-refractivity contribution in [3.8, 4) is 0 Å². The van der Waals surface area contributed by atoms with Gasteiger partial charge in [0.2, 0.25) is 5.91 Å². The predicted octanol–water partition coefficient (Wildman–Crippen LogP) is 2.64. The molecule has 1 unspecified atom stereocenters. The molecule has 1 aromatic carbocycles. The zero-order valence-corrected chi connectivity index (χ0v) is 12.9. The molecule has 1 aliphatic rings. The van der Waals surface area contributed by atoms with Crippen LogP contribution in [-0.4, -0.2) is 29.9 Å². The van der Waals surface area contributed by atoms with Gasteiger partial charge in [0, 0.05) is 30.0 Å². The van der Waals surface area contributed by atoms with Crippen molar-refractivity contribution in [3.63, 3.8) is 0 Å². The molecule has 0 spiro atoms. The minimum Gasteiger partial charge on any atom is -0.341 e. The average Bonchev–Trinajstić information content (AvgIpc) is 2.39. The van der Waals surface area contributed by atoms with E-state index in [1.54, 1.807) is 0 Å². The summed E-state index contributed by atoms with van der Waals surface area (Å²) in [6, 6.07) is 6.38. The number of halogens is 1. The van der Waals surface area contributed by atoms with E-state index in [-0.39, 0.29) is 11.9 Å². The van der Waals surface area contributed by atoms with Gasteiger partial charge in [0.1, 0.15) is 0 Å². The second-order valence-electron chi connectivity index (χ2n) is 5.31. The molecule has 1 atom stereocenters. The first-order valence-corrected chi connectivity index (χ1v) is 7.64. The van der Waals surface area contributed by atoms with Crippen molar-refractivity contribution >= 4 is 21.8 Å². The number of nitrogens with zero attached hydrogens (tertiary/aromatic N) is 1.